The van der Waals surface area contributed by atoms with Gasteiger partial charge in [0.1, 0.15) is 0 Å². The summed E-state index contributed by atoms with van der Waals surface area (Å²) < 4.78 is 0. The van der Waals surface area contributed by atoms with Gasteiger partial charge < -0.3 is 15.5 Å². The molecule has 1 aliphatic heterocycles. The maximum absolute atomic E-state index is 11.4. The van der Waals surface area contributed by atoms with Gasteiger partial charge in [0.15, 0.2) is 0 Å². The predicted molar refractivity (Wildman–Crippen MR) is 118 cm³/mol. The molecule has 29 heavy (non-hydrogen) atoms. The number of anilines is 1. The van der Waals surface area contributed by atoms with Crippen LogP contribution in [0.25, 0.3) is 11.1 Å². The van der Waals surface area contributed by atoms with Gasteiger partial charge in [0, 0.05) is 50.4 Å². The molecule has 2 aromatic rings. The smallest absolute Gasteiger partial charge is 0.248 e. The van der Waals surface area contributed by atoms with Crippen molar-refractivity contribution in [2.24, 2.45) is 11.1 Å². The van der Waals surface area contributed by atoms with Gasteiger partial charge in [0.2, 0.25) is 11.9 Å². The van der Waals surface area contributed by atoms with Crippen molar-refractivity contribution >= 4 is 11.9 Å². The van der Waals surface area contributed by atoms with Gasteiger partial charge in [-0.25, -0.2) is 9.97 Å². The molecule has 2 heterocycles. The van der Waals surface area contributed by atoms with Gasteiger partial charge in [0.05, 0.1) is 5.69 Å². The largest absolute Gasteiger partial charge is 0.366 e. The van der Waals surface area contributed by atoms with Crippen molar-refractivity contribution in [3.05, 3.63) is 41.7 Å². The Morgan fingerprint density at radius 2 is 1.93 bits per heavy atom. The summed E-state index contributed by atoms with van der Waals surface area (Å²) in [6.07, 6.45) is 4.21. The summed E-state index contributed by atoms with van der Waals surface area (Å²) in [4.78, 5) is 25.4. The summed E-state index contributed by atoms with van der Waals surface area (Å²) in [5, 5.41) is 0. The maximum Gasteiger partial charge on any atom is 0.248 e. The average molecular weight is 396 g/mol. The first-order valence-electron chi connectivity index (χ1n) is 10.3. The summed E-state index contributed by atoms with van der Waals surface area (Å²) in [6.45, 7) is 10.1. The lowest BCUT2D eigenvalue weighted by Gasteiger charge is -2.37. The molecule has 1 amide bonds. The van der Waals surface area contributed by atoms with Crippen LogP contribution in [0.3, 0.4) is 0 Å². The topological polar surface area (TPSA) is 75.4 Å². The minimum atomic E-state index is -0.416. The second-order valence-electron chi connectivity index (χ2n) is 9.44. The number of amides is 1. The highest BCUT2D eigenvalue weighted by Crippen LogP contribution is 2.34. The van der Waals surface area contributed by atoms with Crippen molar-refractivity contribution in [1.29, 1.82) is 0 Å². The summed E-state index contributed by atoms with van der Waals surface area (Å²) in [5.74, 6) is 0.671. The second kappa shape index (κ2) is 8.49. The van der Waals surface area contributed by atoms with E-state index in [1.54, 1.807) is 12.1 Å². The molecule has 1 atom stereocenters. The average Bonchev–Trinajstić information content (AvgIpc) is 2.66. The minimum absolute atomic E-state index is 0.274. The van der Waals surface area contributed by atoms with Crippen molar-refractivity contribution in [2.75, 3.05) is 38.6 Å². The van der Waals surface area contributed by atoms with Crippen LogP contribution in [0.15, 0.2) is 30.5 Å². The summed E-state index contributed by atoms with van der Waals surface area (Å²) in [7, 11) is 3.93. The number of carbonyl (C=O) groups is 1. The van der Waals surface area contributed by atoms with E-state index in [-0.39, 0.29) is 5.41 Å². The lowest BCUT2D eigenvalue weighted by Crippen LogP contribution is -2.40. The first-order chi connectivity index (χ1) is 13.6. The molecule has 2 N–H and O–H groups in total. The highest BCUT2D eigenvalue weighted by molar-refractivity contribution is 5.93. The highest BCUT2D eigenvalue weighted by atomic mass is 16.1. The Hall–Kier alpha value is -2.47. The van der Waals surface area contributed by atoms with Crippen molar-refractivity contribution in [1.82, 2.24) is 14.9 Å². The second-order valence-corrected chi connectivity index (χ2v) is 9.44. The van der Waals surface area contributed by atoms with E-state index in [1.807, 2.05) is 37.3 Å². The number of rotatable bonds is 5. The van der Waals surface area contributed by atoms with Crippen LogP contribution in [0.4, 0.5) is 5.95 Å². The van der Waals surface area contributed by atoms with Crippen LogP contribution >= 0.6 is 0 Å². The number of hydrogen-bond acceptors (Lipinski definition) is 5. The van der Waals surface area contributed by atoms with Gasteiger partial charge in [-0.2, -0.15) is 0 Å². The molecular formula is C23H33N5O. The summed E-state index contributed by atoms with van der Waals surface area (Å²) in [6, 6.07) is 7.42. The number of aromatic nitrogens is 2. The molecule has 0 spiro atoms. The number of nitrogens with zero attached hydrogens (tertiary/aromatic N) is 4. The van der Waals surface area contributed by atoms with Crippen LogP contribution in [-0.2, 0) is 0 Å². The fourth-order valence-electron chi connectivity index (χ4n) is 4.04. The molecule has 6 heteroatoms. The Balaban J connectivity index is 1.97. The van der Waals surface area contributed by atoms with E-state index in [0.717, 1.165) is 48.8 Å². The van der Waals surface area contributed by atoms with Gasteiger partial charge in [-0.15, -0.1) is 0 Å². The van der Waals surface area contributed by atoms with Crippen LogP contribution < -0.4 is 10.6 Å². The van der Waals surface area contributed by atoms with Gasteiger partial charge in [-0.3, -0.25) is 4.79 Å². The fourth-order valence-corrected chi connectivity index (χ4v) is 4.04. The quantitative estimate of drug-likeness (QED) is 0.838. The van der Waals surface area contributed by atoms with Crippen LogP contribution in [0.1, 0.15) is 55.6 Å². The van der Waals surface area contributed by atoms with Crippen molar-refractivity contribution in [3.63, 3.8) is 0 Å². The van der Waals surface area contributed by atoms with E-state index in [2.05, 4.69) is 30.7 Å². The van der Waals surface area contributed by atoms with E-state index >= 15 is 0 Å². The Morgan fingerprint density at radius 1 is 1.24 bits per heavy atom. The van der Waals surface area contributed by atoms with Gasteiger partial charge in [-0.05, 0) is 42.5 Å². The van der Waals surface area contributed by atoms with E-state index in [1.165, 1.54) is 6.42 Å². The zero-order valence-electron chi connectivity index (χ0n) is 18.3. The van der Waals surface area contributed by atoms with Gasteiger partial charge in [0.25, 0.3) is 0 Å². The zero-order valence-corrected chi connectivity index (χ0v) is 18.3. The molecule has 0 aliphatic carbocycles. The molecule has 3 rings (SSSR count). The lowest BCUT2D eigenvalue weighted by atomic mass is 9.88. The predicted octanol–water partition coefficient (Wildman–Crippen LogP) is 3.53. The summed E-state index contributed by atoms with van der Waals surface area (Å²) >= 11 is 0. The monoisotopic (exact) mass is 395 g/mol. The molecule has 1 saturated heterocycles. The molecule has 0 bridgehead atoms. The Morgan fingerprint density at radius 3 is 2.52 bits per heavy atom. The van der Waals surface area contributed by atoms with Crippen molar-refractivity contribution in [3.8, 4) is 11.1 Å². The summed E-state index contributed by atoms with van der Waals surface area (Å²) in [5.41, 5.74) is 9.32. The molecule has 1 aromatic carbocycles. The number of carbonyl (C=O) groups excluding carboxylic acids is 1. The number of likely N-dealkylation sites (tertiary alicyclic amines) is 1. The number of hydrogen-bond donors (Lipinski definition) is 1. The van der Waals surface area contributed by atoms with Crippen molar-refractivity contribution in [2.45, 2.75) is 39.5 Å². The van der Waals surface area contributed by atoms with Crippen LogP contribution in [0.5, 0.6) is 0 Å². The Kier molecular flexibility index (Phi) is 6.22. The van der Waals surface area contributed by atoms with Crippen molar-refractivity contribution < 1.29 is 4.79 Å². The lowest BCUT2D eigenvalue weighted by molar-refractivity contribution is 0.100. The van der Waals surface area contributed by atoms with Crippen LogP contribution in [0.2, 0.25) is 0 Å². The Labute approximate surface area is 174 Å². The van der Waals surface area contributed by atoms with E-state index in [0.29, 0.717) is 11.5 Å². The molecule has 1 aliphatic rings. The third kappa shape index (κ3) is 5.32. The molecule has 0 radical (unpaired) electrons. The molecule has 0 saturated carbocycles. The SMILES string of the molecule is CN(C)c1ncc(-c2ccc(C(N)=O)cc2)c(C2CCCN(CC(C)(C)C)C2)n1. The van der Waals surface area contributed by atoms with Gasteiger partial charge >= 0.3 is 0 Å². The normalized spacial score (nSPS) is 17.9. The third-order valence-electron chi connectivity index (χ3n) is 5.28. The maximum atomic E-state index is 11.4. The number of benzene rings is 1. The van der Waals surface area contributed by atoms with Gasteiger partial charge in [-0.1, -0.05) is 32.9 Å². The number of nitrogens with two attached hydrogens (primary N) is 1. The Bertz CT molecular complexity index is 855. The molecule has 1 fully saturated rings. The van der Waals surface area contributed by atoms with Crippen LogP contribution in [-0.4, -0.2) is 54.5 Å². The molecule has 6 nitrogen and oxygen atoms in total. The number of piperidine rings is 1. The first kappa shape index (κ1) is 21.2. The zero-order chi connectivity index (χ0) is 21.2. The fraction of sp³-hybridized carbons (Fsp3) is 0.522. The third-order valence-corrected chi connectivity index (χ3v) is 5.28. The standard InChI is InChI=1S/C23H33N5O/c1-23(2,3)15-28-12-6-7-18(14-28)20-19(13-25-22(26-20)27(4)5)16-8-10-17(11-9-16)21(24)29/h8-11,13,18H,6-7,12,14-15H2,1-5H3,(H2,24,29). The molecule has 1 aromatic heterocycles. The number of primary amides is 1. The van der Waals surface area contributed by atoms with E-state index < -0.39 is 5.91 Å². The first-order valence-corrected chi connectivity index (χ1v) is 10.3. The molecule has 1 unspecified atom stereocenters. The van der Waals surface area contributed by atoms with E-state index in [4.69, 9.17) is 10.7 Å². The molecule has 156 valence electrons. The molecular weight excluding hydrogens is 362 g/mol. The van der Waals surface area contributed by atoms with E-state index in [9.17, 15) is 4.79 Å². The highest BCUT2D eigenvalue weighted by Gasteiger charge is 2.28. The van der Waals surface area contributed by atoms with Crippen LogP contribution in [0, 0.1) is 5.41 Å². The minimum Gasteiger partial charge on any atom is -0.366 e.